The van der Waals surface area contributed by atoms with E-state index in [2.05, 4.69) is 10.6 Å². The molecule has 2 heterocycles. The van der Waals surface area contributed by atoms with Crippen LogP contribution in [-0.2, 0) is 16.6 Å². The van der Waals surface area contributed by atoms with Crippen molar-refractivity contribution in [1.29, 1.82) is 0 Å². The average Bonchev–Trinajstić information content (AvgIpc) is 3.13. The molecule has 0 saturated carbocycles. The quantitative estimate of drug-likeness (QED) is 0.416. The molecular formula is C19H24FN3O5S. The lowest BCUT2D eigenvalue weighted by atomic mass is 10.1. The Kier molecular flexibility index (Phi) is 6.70. The number of hydrogen-bond acceptors (Lipinski definition) is 7. The third-order valence-corrected chi connectivity index (χ3v) is 6.41. The molecule has 2 aromatic rings. The molecular weight excluding hydrogens is 401 g/mol. The van der Waals surface area contributed by atoms with Gasteiger partial charge in [0, 0.05) is 31.0 Å². The highest BCUT2D eigenvalue weighted by atomic mass is 32.2. The molecule has 3 rings (SSSR count). The van der Waals surface area contributed by atoms with E-state index in [4.69, 9.17) is 5.11 Å². The second kappa shape index (κ2) is 9.06. The summed E-state index contributed by atoms with van der Waals surface area (Å²) in [5.41, 5.74) is 0.887. The summed E-state index contributed by atoms with van der Waals surface area (Å²) in [6.45, 7) is -0.0522. The summed E-state index contributed by atoms with van der Waals surface area (Å²) >= 11 is 0. The fourth-order valence-corrected chi connectivity index (χ4v) is 4.59. The van der Waals surface area contributed by atoms with Crippen LogP contribution < -0.4 is 10.6 Å². The lowest BCUT2D eigenvalue weighted by Gasteiger charge is -2.20. The zero-order chi connectivity index (χ0) is 21.0. The standard InChI is InChI=1S/C19H24FN3O5S/c20-17-4-2-1-3-16(17)18-7-13(8-21-9-14(25)12-24)11-23(18)29(27,28)15-5-6-19(26)22-10-15/h1-4,7,10-11,14,19,21-22,24-26H,5-6,8-9,12H2. The number of aromatic nitrogens is 1. The molecule has 5 N–H and O–H groups in total. The number of benzene rings is 1. The summed E-state index contributed by atoms with van der Waals surface area (Å²) in [5, 5.41) is 33.4. The molecule has 0 amide bonds. The van der Waals surface area contributed by atoms with Crippen LogP contribution in [0.15, 0.2) is 47.6 Å². The van der Waals surface area contributed by atoms with Gasteiger partial charge in [0.25, 0.3) is 10.0 Å². The van der Waals surface area contributed by atoms with Crippen molar-refractivity contribution >= 4 is 10.0 Å². The maximum absolute atomic E-state index is 14.4. The second-order valence-corrected chi connectivity index (χ2v) is 8.68. The van der Waals surface area contributed by atoms with Crippen molar-refractivity contribution in [3.63, 3.8) is 0 Å². The fraction of sp³-hybridized carbons (Fsp3) is 0.368. The molecule has 8 nitrogen and oxygen atoms in total. The number of nitrogens with zero attached hydrogens (tertiary/aromatic N) is 1. The van der Waals surface area contributed by atoms with Gasteiger partial charge in [-0.25, -0.2) is 16.8 Å². The van der Waals surface area contributed by atoms with E-state index in [1.54, 1.807) is 12.1 Å². The third kappa shape index (κ3) is 4.85. The molecule has 2 unspecified atom stereocenters. The van der Waals surface area contributed by atoms with E-state index in [0.29, 0.717) is 5.56 Å². The first-order valence-electron chi connectivity index (χ1n) is 9.17. The van der Waals surface area contributed by atoms with Gasteiger partial charge in [-0.3, -0.25) is 0 Å². The first kappa shape index (κ1) is 21.5. The molecule has 1 aliphatic heterocycles. The number of allylic oxidation sites excluding steroid dienone is 1. The largest absolute Gasteiger partial charge is 0.394 e. The Bertz CT molecular complexity index is 989. The number of aliphatic hydroxyl groups is 3. The Morgan fingerprint density at radius 1 is 1.34 bits per heavy atom. The Morgan fingerprint density at radius 3 is 2.76 bits per heavy atom. The zero-order valence-electron chi connectivity index (χ0n) is 15.6. The predicted molar refractivity (Wildman–Crippen MR) is 105 cm³/mol. The van der Waals surface area contributed by atoms with Crippen molar-refractivity contribution in [3.8, 4) is 11.3 Å². The number of hydrogen-bond donors (Lipinski definition) is 5. The van der Waals surface area contributed by atoms with Crippen LogP contribution in [0.3, 0.4) is 0 Å². The molecule has 0 saturated heterocycles. The molecule has 1 aromatic heterocycles. The van der Waals surface area contributed by atoms with E-state index in [1.165, 1.54) is 30.6 Å². The van der Waals surface area contributed by atoms with Gasteiger partial charge >= 0.3 is 0 Å². The van der Waals surface area contributed by atoms with Gasteiger partial charge < -0.3 is 26.0 Å². The van der Waals surface area contributed by atoms with Gasteiger partial charge in [-0.1, -0.05) is 12.1 Å². The number of halogens is 1. The molecule has 1 aromatic carbocycles. The zero-order valence-corrected chi connectivity index (χ0v) is 16.4. The van der Waals surface area contributed by atoms with E-state index in [0.717, 1.165) is 3.97 Å². The molecule has 10 heteroatoms. The molecule has 1 aliphatic rings. The first-order valence-corrected chi connectivity index (χ1v) is 10.6. The summed E-state index contributed by atoms with van der Waals surface area (Å²) in [5.74, 6) is -0.552. The minimum Gasteiger partial charge on any atom is -0.394 e. The van der Waals surface area contributed by atoms with Gasteiger partial charge in [0.2, 0.25) is 0 Å². The minimum atomic E-state index is -3.99. The van der Waals surface area contributed by atoms with Gasteiger partial charge in [0.1, 0.15) is 12.0 Å². The van der Waals surface area contributed by atoms with Crippen molar-refractivity contribution < 1.29 is 28.1 Å². The summed E-state index contributed by atoms with van der Waals surface area (Å²) in [6, 6.07) is 7.47. The fourth-order valence-electron chi connectivity index (χ4n) is 3.06. The van der Waals surface area contributed by atoms with E-state index in [9.17, 15) is 23.0 Å². The summed E-state index contributed by atoms with van der Waals surface area (Å²) < 4.78 is 41.8. The van der Waals surface area contributed by atoms with Gasteiger partial charge in [0.15, 0.2) is 0 Å². The van der Waals surface area contributed by atoms with Crippen molar-refractivity contribution in [2.45, 2.75) is 31.7 Å². The Morgan fingerprint density at radius 2 is 2.10 bits per heavy atom. The van der Waals surface area contributed by atoms with Crippen LogP contribution >= 0.6 is 0 Å². The van der Waals surface area contributed by atoms with Crippen LogP contribution in [0.25, 0.3) is 11.3 Å². The average molecular weight is 425 g/mol. The molecule has 0 aliphatic carbocycles. The highest BCUT2D eigenvalue weighted by Gasteiger charge is 2.27. The minimum absolute atomic E-state index is 0.0891. The van der Waals surface area contributed by atoms with Crippen LogP contribution in [0.1, 0.15) is 18.4 Å². The first-order chi connectivity index (χ1) is 13.8. The van der Waals surface area contributed by atoms with E-state index >= 15 is 0 Å². The molecule has 2 atom stereocenters. The lowest BCUT2D eigenvalue weighted by molar-refractivity contribution is 0.0942. The summed E-state index contributed by atoms with van der Waals surface area (Å²) in [6.07, 6.45) is 1.33. The molecule has 0 radical (unpaired) electrons. The smallest absolute Gasteiger partial charge is 0.265 e. The molecule has 0 spiro atoms. The number of rotatable bonds is 8. The topological polar surface area (TPSA) is 124 Å². The normalized spacial score (nSPS) is 18.2. The third-order valence-electron chi connectivity index (χ3n) is 4.60. The molecule has 0 bridgehead atoms. The van der Waals surface area contributed by atoms with Gasteiger partial charge in [-0.2, -0.15) is 0 Å². The van der Waals surface area contributed by atoms with Crippen LogP contribution in [0.5, 0.6) is 0 Å². The summed E-state index contributed by atoms with van der Waals surface area (Å²) in [4.78, 5) is 0.0891. The summed E-state index contributed by atoms with van der Waals surface area (Å²) in [7, 11) is -3.99. The van der Waals surface area contributed by atoms with Crippen LogP contribution in [0.4, 0.5) is 4.39 Å². The Hall–Kier alpha value is -2.24. The predicted octanol–water partition coefficient (Wildman–Crippen LogP) is 0.458. The van der Waals surface area contributed by atoms with Crippen LogP contribution in [0, 0.1) is 5.82 Å². The number of aliphatic hydroxyl groups excluding tert-OH is 3. The highest BCUT2D eigenvalue weighted by molar-refractivity contribution is 7.93. The van der Waals surface area contributed by atoms with Crippen molar-refractivity contribution in [2.75, 3.05) is 13.2 Å². The van der Waals surface area contributed by atoms with Crippen LogP contribution in [-0.4, -0.2) is 53.2 Å². The lowest BCUT2D eigenvalue weighted by Crippen LogP contribution is -2.30. The van der Waals surface area contributed by atoms with Gasteiger partial charge in [0.05, 0.1) is 23.3 Å². The van der Waals surface area contributed by atoms with E-state index in [1.807, 2.05) is 0 Å². The monoisotopic (exact) mass is 425 g/mol. The van der Waals surface area contributed by atoms with Gasteiger partial charge in [-0.15, -0.1) is 0 Å². The second-order valence-electron chi connectivity index (χ2n) is 6.81. The molecule has 158 valence electrons. The molecule has 0 fully saturated rings. The van der Waals surface area contributed by atoms with Crippen molar-refractivity contribution in [2.24, 2.45) is 0 Å². The van der Waals surface area contributed by atoms with E-state index < -0.39 is 34.8 Å². The van der Waals surface area contributed by atoms with Crippen LogP contribution in [0.2, 0.25) is 0 Å². The molecule has 29 heavy (non-hydrogen) atoms. The highest BCUT2D eigenvalue weighted by Crippen LogP contribution is 2.30. The van der Waals surface area contributed by atoms with Crippen molar-refractivity contribution in [1.82, 2.24) is 14.6 Å². The van der Waals surface area contributed by atoms with Gasteiger partial charge in [-0.05, 0) is 36.6 Å². The number of nitrogens with one attached hydrogen (secondary N) is 2. The Balaban J connectivity index is 1.99. The Labute approximate surface area is 168 Å². The maximum atomic E-state index is 14.4. The SMILES string of the molecule is O=S(=O)(C1=CNC(O)CC1)n1cc(CNCC(O)CO)cc1-c1ccccc1F. The van der Waals surface area contributed by atoms with Crippen molar-refractivity contribution in [3.05, 3.63) is 59.0 Å². The van der Waals surface area contributed by atoms with E-state index in [-0.39, 0.29) is 42.1 Å². The maximum Gasteiger partial charge on any atom is 0.265 e.